The van der Waals surface area contributed by atoms with Crippen molar-refractivity contribution in [2.45, 2.75) is 25.8 Å². The van der Waals surface area contributed by atoms with Crippen molar-refractivity contribution in [2.75, 3.05) is 12.0 Å². The lowest BCUT2D eigenvalue weighted by atomic mass is 10.0. The Balaban J connectivity index is 2.33. The minimum Gasteiger partial charge on any atom is -0.350 e. The van der Waals surface area contributed by atoms with Crippen molar-refractivity contribution < 1.29 is 4.79 Å². The summed E-state index contributed by atoms with van der Waals surface area (Å²) in [6.45, 7) is 1.56. The zero-order valence-corrected chi connectivity index (χ0v) is 9.56. The second-order valence-electron chi connectivity index (χ2n) is 3.42. The largest absolute Gasteiger partial charge is 0.350 e. The number of hydrogen-bond donors (Lipinski definition) is 1. The third kappa shape index (κ3) is 4.01. The zero-order valence-electron chi connectivity index (χ0n) is 8.75. The van der Waals surface area contributed by atoms with Crippen molar-refractivity contribution >= 4 is 17.7 Å². The monoisotopic (exact) mass is 211 g/mol. The van der Waals surface area contributed by atoms with Gasteiger partial charge in [-0.2, -0.15) is 11.8 Å². The maximum atomic E-state index is 10.8. The molecule has 1 atom stereocenters. The minimum atomic E-state index is 0.0422. The molecule has 1 rings (SSSR count). The summed E-state index contributed by atoms with van der Waals surface area (Å²) in [5.74, 6) is 1.21. The van der Waals surface area contributed by atoms with Crippen LogP contribution in [0.2, 0.25) is 0 Å². The molecule has 0 saturated heterocycles. The van der Waals surface area contributed by atoms with Crippen LogP contribution in [0.3, 0.4) is 0 Å². The first kappa shape index (κ1) is 11.4. The quantitative estimate of drug-likeness (QED) is 0.772. The Labute approximate surface area is 89.8 Å². The van der Waals surface area contributed by atoms with Gasteiger partial charge in [-0.1, -0.05) is 23.8 Å². The van der Waals surface area contributed by atoms with E-state index in [4.69, 9.17) is 0 Å². The van der Waals surface area contributed by atoms with Gasteiger partial charge in [-0.15, -0.1) is 0 Å². The van der Waals surface area contributed by atoms with E-state index in [9.17, 15) is 4.79 Å². The standard InChI is InChI=1S/C11H17NOS/c1-9(13)12-11-5-3-10(4-6-11)7-8-14-2/h3-5,11H,6-8H2,1-2H3,(H,12,13). The predicted molar refractivity (Wildman–Crippen MR) is 62.4 cm³/mol. The molecule has 1 N–H and O–H groups in total. The van der Waals surface area contributed by atoms with Gasteiger partial charge in [0, 0.05) is 6.92 Å². The molecule has 2 nitrogen and oxygen atoms in total. The Morgan fingerprint density at radius 1 is 1.71 bits per heavy atom. The van der Waals surface area contributed by atoms with E-state index in [-0.39, 0.29) is 11.9 Å². The molecule has 14 heavy (non-hydrogen) atoms. The van der Waals surface area contributed by atoms with Gasteiger partial charge >= 0.3 is 0 Å². The summed E-state index contributed by atoms with van der Waals surface area (Å²) in [5.41, 5.74) is 1.39. The van der Waals surface area contributed by atoms with Crippen LogP contribution >= 0.6 is 11.8 Å². The fraction of sp³-hybridized carbons (Fsp3) is 0.545. The summed E-state index contributed by atoms with van der Waals surface area (Å²) in [6, 6.07) is 0.200. The summed E-state index contributed by atoms with van der Waals surface area (Å²) < 4.78 is 0. The van der Waals surface area contributed by atoms with Crippen LogP contribution in [0.15, 0.2) is 23.8 Å². The summed E-state index contributed by atoms with van der Waals surface area (Å²) in [7, 11) is 0. The molecule has 0 fully saturated rings. The Bertz CT molecular complexity index is 258. The summed E-state index contributed by atoms with van der Waals surface area (Å²) in [6.07, 6.45) is 10.6. The highest BCUT2D eigenvalue weighted by Gasteiger charge is 2.08. The van der Waals surface area contributed by atoms with Gasteiger partial charge < -0.3 is 5.32 Å². The van der Waals surface area contributed by atoms with E-state index in [1.54, 1.807) is 6.92 Å². The summed E-state index contributed by atoms with van der Waals surface area (Å²) in [5, 5.41) is 2.88. The molecule has 0 aromatic carbocycles. The molecule has 0 saturated carbocycles. The maximum Gasteiger partial charge on any atom is 0.217 e. The van der Waals surface area contributed by atoms with E-state index >= 15 is 0 Å². The van der Waals surface area contributed by atoms with Crippen LogP contribution in [0, 0.1) is 0 Å². The van der Waals surface area contributed by atoms with Crippen LogP contribution in [0.25, 0.3) is 0 Å². The SMILES string of the molecule is CSCCC1=CCC(NC(C)=O)C=C1. The first-order valence-electron chi connectivity index (χ1n) is 4.85. The molecule has 0 bridgehead atoms. The lowest BCUT2D eigenvalue weighted by Crippen LogP contribution is -2.31. The second kappa shape index (κ2) is 5.91. The van der Waals surface area contributed by atoms with Crippen molar-refractivity contribution in [1.29, 1.82) is 0 Å². The summed E-state index contributed by atoms with van der Waals surface area (Å²) >= 11 is 1.86. The number of carbonyl (C=O) groups excluding carboxylic acids is 1. The third-order valence-corrected chi connectivity index (χ3v) is 2.77. The van der Waals surface area contributed by atoms with Crippen molar-refractivity contribution in [3.63, 3.8) is 0 Å². The number of thioether (sulfide) groups is 1. The smallest absolute Gasteiger partial charge is 0.217 e. The topological polar surface area (TPSA) is 29.1 Å². The van der Waals surface area contributed by atoms with Crippen molar-refractivity contribution in [1.82, 2.24) is 5.32 Å². The Kier molecular flexibility index (Phi) is 4.80. The van der Waals surface area contributed by atoms with E-state index in [0.29, 0.717) is 0 Å². The van der Waals surface area contributed by atoms with E-state index in [2.05, 4.69) is 29.8 Å². The predicted octanol–water partition coefficient (Wildman–Crippen LogP) is 2.13. The first-order chi connectivity index (χ1) is 6.72. The highest BCUT2D eigenvalue weighted by atomic mass is 32.2. The average molecular weight is 211 g/mol. The van der Waals surface area contributed by atoms with Crippen molar-refractivity contribution in [3.8, 4) is 0 Å². The zero-order chi connectivity index (χ0) is 10.4. The maximum absolute atomic E-state index is 10.8. The Morgan fingerprint density at radius 2 is 2.50 bits per heavy atom. The Morgan fingerprint density at radius 3 is 3.00 bits per heavy atom. The number of hydrogen-bond acceptors (Lipinski definition) is 2. The molecule has 0 aromatic heterocycles. The lowest BCUT2D eigenvalue weighted by Gasteiger charge is -2.16. The summed E-state index contributed by atoms with van der Waals surface area (Å²) in [4.78, 5) is 10.8. The first-order valence-corrected chi connectivity index (χ1v) is 6.25. The van der Waals surface area contributed by atoms with Gasteiger partial charge in [-0.05, 0) is 24.9 Å². The molecule has 78 valence electrons. The molecule has 1 aliphatic rings. The van der Waals surface area contributed by atoms with E-state index in [1.807, 2.05) is 11.8 Å². The fourth-order valence-electron chi connectivity index (χ4n) is 1.44. The van der Waals surface area contributed by atoms with Gasteiger partial charge in [0.25, 0.3) is 0 Å². The van der Waals surface area contributed by atoms with Crippen LogP contribution in [0.1, 0.15) is 19.8 Å². The molecule has 0 aliphatic heterocycles. The van der Waals surface area contributed by atoms with Gasteiger partial charge in [-0.3, -0.25) is 4.79 Å². The lowest BCUT2D eigenvalue weighted by molar-refractivity contribution is -0.119. The number of allylic oxidation sites excluding steroid dienone is 2. The van der Waals surface area contributed by atoms with Gasteiger partial charge in [0.15, 0.2) is 0 Å². The van der Waals surface area contributed by atoms with Gasteiger partial charge in [0.1, 0.15) is 0 Å². The minimum absolute atomic E-state index is 0.0422. The molecule has 0 heterocycles. The van der Waals surface area contributed by atoms with Crippen LogP contribution in [0.5, 0.6) is 0 Å². The second-order valence-corrected chi connectivity index (χ2v) is 4.41. The molecular weight excluding hydrogens is 194 g/mol. The highest BCUT2D eigenvalue weighted by Crippen LogP contribution is 2.15. The van der Waals surface area contributed by atoms with Crippen LogP contribution in [0.4, 0.5) is 0 Å². The normalized spacial score (nSPS) is 20.4. The Hall–Kier alpha value is -0.700. The van der Waals surface area contributed by atoms with E-state index in [0.717, 1.165) is 12.8 Å². The number of amides is 1. The fourth-order valence-corrected chi connectivity index (χ4v) is 1.88. The van der Waals surface area contributed by atoms with Crippen molar-refractivity contribution in [3.05, 3.63) is 23.8 Å². The van der Waals surface area contributed by atoms with Crippen LogP contribution < -0.4 is 5.32 Å². The average Bonchev–Trinajstić information content (AvgIpc) is 2.16. The third-order valence-electron chi connectivity index (χ3n) is 2.16. The van der Waals surface area contributed by atoms with Crippen LogP contribution in [-0.4, -0.2) is 24.0 Å². The number of nitrogens with one attached hydrogen (secondary N) is 1. The number of carbonyl (C=O) groups is 1. The highest BCUT2D eigenvalue weighted by molar-refractivity contribution is 7.98. The van der Waals surface area contributed by atoms with Crippen LogP contribution in [-0.2, 0) is 4.79 Å². The molecule has 1 unspecified atom stereocenters. The van der Waals surface area contributed by atoms with E-state index in [1.165, 1.54) is 11.3 Å². The molecule has 0 aromatic rings. The van der Waals surface area contributed by atoms with E-state index < -0.39 is 0 Å². The molecule has 1 aliphatic carbocycles. The van der Waals surface area contributed by atoms with Gasteiger partial charge in [0.2, 0.25) is 5.91 Å². The molecule has 3 heteroatoms. The molecular formula is C11H17NOS. The van der Waals surface area contributed by atoms with Crippen molar-refractivity contribution in [2.24, 2.45) is 0 Å². The van der Waals surface area contributed by atoms with Gasteiger partial charge in [0.05, 0.1) is 6.04 Å². The molecule has 0 spiro atoms. The van der Waals surface area contributed by atoms with Gasteiger partial charge in [-0.25, -0.2) is 0 Å². The molecule has 0 radical (unpaired) electrons. The number of rotatable bonds is 4. The molecule has 1 amide bonds.